The second-order valence-electron chi connectivity index (χ2n) is 6.67. The van der Waals surface area contributed by atoms with Crippen molar-refractivity contribution in [3.63, 3.8) is 0 Å². The predicted molar refractivity (Wildman–Crippen MR) is 112 cm³/mol. The highest BCUT2D eigenvalue weighted by Crippen LogP contribution is 2.17. The number of carbonyl (C=O) groups excluding carboxylic acids is 2. The molecule has 0 aromatic heterocycles. The van der Waals surface area contributed by atoms with Crippen LogP contribution < -0.4 is 5.32 Å². The molecule has 2 aromatic rings. The highest BCUT2D eigenvalue weighted by molar-refractivity contribution is 7.99. The number of nitrogens with zero attached hydrogens (tertiary/aromatic N) is 1. The summed E-state index contributed by atoms with van der Waals surface area (Å²) in [5, 5.41) is 2.74. The van der Waals surface area contributed by atoms with Crippen LogP contribution in [0, 0.1) is 12.7 Å². The van der Waals surface area contributed by atoms with Crippen molar-refractivity contribution in [2.45, 2.75) is 39.1 Å². The van der Waals surface area contributed by atoms with Crippen molar-refractivity contribution in [1.82, 2.24) is 10.2 Å². The van der Waals surface area contributed by atoms with E-state index in [4.69, 9.17) is 0 Å². The monoisotopic (exact) mass is 402 g/mol. The van der Waals surface area contributed by atoms with Crippen molar-refractivity contribution in [3.05, 3.63) is 71.0 Å². The van der Waals surface area contributed by atoms with Crippen LogP contribution in [0.5, 0.6) is 0 Å². The molecule has 28 heavy (non-hydrogen) atoms. The highest BCUT2D eigenvalue weighted by Gasteiger charge is 2.26. The van der Waals surface area contributed by atoms with Gasteiger partial charge in [0.2, 0.25) is 11.8 Å². The predicted octanol–water partition coefficient (Wildman–Crippen LogP) is 3.92. The van der Waals surface area contributed by atoms with Gasteiger partial charge in [0.1, 0.15) is 11.9 Å². The second kappa shape index (κ2) is 10.9. The van der Waals surface area contributed by atoms with Crippen molar-refractivity contribution in [3.8, 4) is 0 Å². The molecule has 4 nitrogen and oxygen atoms in total. The quantitative estimate of drug-likeness (QED) is 0.692. The number of halogens is 1. The molecule has 0 aliphatic rings. The number of hydrogen-bond donors (Lipinski definition) is 1. The van der Waals surface area contributed by atoms with Crippen LogP contribution in [0.3, 0.4) is 0 Å². The van der Waals surface area contributed by atoms with Crippen molar-refractivity contribution in [1.29, 1.82) is 0 Å². The van der Waals surface area contributed by atoms with Gasteiger partial charge in [0.05, 0.1) is 5.75 Å². The van der Waals surface area contributed by atoms with E-state index in [-0.39, 0.29) is 29.9 Å². The average molecular weight is 403 g/mol. The van der Waals surface area contributed by atoms with Crippen molar-refractivity contribution in [2.75, 3.05) is 12.3 Å². The molecule has 0 spiro atoms. The van der Waals surface area contributed by atoms with Gasteiger partial charge in [-0.05, 0) is 32.4 Å². The van der Waals surface area contributed by atoms with Gasteiger partial charge in [-0.15, -0.1) is 11.8 Å². The maximum Gasteiger partial charge on any atom is 0.242 e. The summed E-state index contributed by atoms with van der Waals surface area (Å²) in [6.07, 6.45) is 0. The molecule has 0 saturated heterocycles. The lowest BCUT2D eigenvalue weighted by molar-refractivity contribution is -0.138. The molecule has 0 heterocycles. The van der Waals surface area contributed by atoms with Crippen LogP contribution in [0.25, 0.3) is 0 Å². The smallest absolute Gasteiger partial charge is 0.242 e. The summed E-state index contributed by atoms with van der Waals surface area (Å²) in [6.45, 7) is 6.08. The van der Waals surface area contributed by atoms with Gasteiger partial charge in [0, 0.05) is 24.4 Å². The normalized spacial score (nSPS) is 11.7. The van der Waals surface area contributed by atoms with E-state index in [2.05, 4.69) is 11.4 Å². The molecular weight excluding hydrogens is 375 g/mol. The number of rotatable bonds is 9. The molecule has 2 amide bonds. The minimum atomic E-state index is -0.674. The third kappa shape index (κ3) is 6.37. The summed E-state index contributed by atoms with van der Waals surface area (Å²) in [6, 6.07) is 13.8. The Bertz CT molecular complexity index is 813. The number of carbonyl (C=O) groups is 2. The Kier molecular flexibility index (Phi) is 8.51. The summed E-state index contributed by atoms with van der Waals surface area (Å²) < 4.78 is 14.1. The van der Waals surface area contributed by atoms with Crippen LogP contribution in [-0.4, -0.2) is 35.1 Å². The van der Waals surface area contributed by atoms with Gasteiger partial charge < -0.3 is 10.2 Å². The van der Waals surface area contributed by atoms with Gasteiger partial charge in [-0.1, -0.05) is 48.0 Å². The molecular formula is C22H27FN2O2S. The Morgan fingerprint density at radius 2 is 1.93 bits per heavy atom. The largest absolute Gasteiger partial charge is 0.355 e. The molecule has 0 bridgehead atoms. The molecule has 0 unspecified atom stereocenters. The third-order valence-electron chi connectivity index (χ3n) is 4.39. The van der Waals surface area contributed by atoms with Gasteiger partial charge in [-0.2, -0.15) is 0 Å². The maximum atomic E-state index is 14.1. The molecule has 0 radical (unpaired) electrons. The zero-order valence-electron chi connectivity index (χ0n) is 16.6. The maximum absolute atomic E-state index is 14.1. The Balaban J connectivity index is 2.07. The van der Waals surface area contributed by atoms with Gasteiger partial charge in [0.25, 0.3) is 0 Å². The first-order valence-electron chi connectivity index (χ1n) is 9.36. The molecule has 150 valence electrons. The zero-order chi connectivity index (χ0) is 20.5. The Morgan fingerprint density at radius 1 is 1.18 bits per heavy atom. The van der Waals surface area contributed by atoms with Gasteiger partial charge in [-0.25, -0.2) is 4.39 Å². The lowest BCUT2D eigenvalue weighted by Gasteiger charge is -2.28. The van der Waals surface area contributed by atoms with Crippen LogP contribution in [0.15, 0.2) is 48.5 Å². The summed E-state index contributed by atoms with van der Waals surface area (Å²) in [5.41, 5.74) is 2.72. The lowest BCUT2D eigenvalue weighted by atomic mass is 10.1. The Morgan fingerprint density at radius 3 is 2.61 bits per heavy atom. The van der Waals surface area contributed by atoms with E-state index >= 15 is 0 Å². The molecule has 1 atom stereocenters. The number of thioether (sulfide) groups is 1. The topological polar surface area (TPSA) is 49.4 Å². The molecule has 2 aromatic carbocycles. The number of benzene rings is 2. The standard InChI is InChI=1S/C22H27FN2O2S/c1-4-24-22(27)17(3)25(13-19-10-5-6-11-20(19)23)21(26)15-28-14-18-9-7-8-16(2)12-18/h5-12,17H,4,13-15H2,1-3H3,(H,24,27)/t17-/m0/s1. The van der Waals surface area contributed by atoms with Crippen LogP contribution in [0.2, 0.25) is 0 Å². The zero-order valence-corrected chi connectivity index (χ0v) is 17.4. The van der Waals surface area contributed by atoms with E-state index in [0.29, 0.717) is 17.9 Å². The Hall–Kier alpha value is -2.34. The molecule has 0 saturated carbocycles. The van der Waals surface area contributed by atoms with Crippen LogP contribution >= 0.6 is 11.8 Å². The van der Waals surface area contributed by atoms with E-state index in [0.717, 1.165) is 5.56 Å². The minimum Gasteiger partial charge on any atom is -0.355 e. The first kappa shape index (κ1) is 22.0. The first-order valence-corrected chi connectivity index (χ1v) is 10.5. The Labute approximate surface area is 170 Å². The molecule has 0 aliphatic heterocycles. The minimum absolute atomic E-state index is 0.0643. The SMILES string of the molecule is CCNC(=O)[C@H](C)N(Cc1ccccc1F)C(=O)CSCc1cccc(C)c1. The summed E-state index contributed by atoms with van der Waals surface area (Å²) in [4.78, 5) is 26.6. The molecule has 1 N–H and O–H groups in total. The van der Waals surface area contributed by atoms with Crippen LogP contribution in [0.1, 0.15) is 30.5 Å². The fraction of sp³-hybridized carbons (Fsp3) is 0.364. The molecule has 2 rings (SSSR count). The fourth-order valence-electron chi connectivity index (χ4n) is 2.86. The van der Waals surface area contributed by atoms with Gasteiger partial charge in [-0.3, -0.25) is 9.59 Å². The van der Waals surface area contributed by atoms with Crippen LogP contribution in [0.4, 0.5) is 4.39 Å². The number of likely N-dealkylation sites (N-methyl/N-ethyl adjacent to an activating group) is 1. The molecule has 6 heteroatoms. The molecule has 0 aliphatic carbocycles. The lowest BCUT2D eigenvalue weighted by Crippen LogP contribution is -2.48. The van der Waals surface area contributed by atoms with E-state index in [1.54, 1.807) is 25.1 Å². The van der Waals surface area contributed by atoms with Crippen molar-refractivity contribution >= 4 is 23.6 Å². The van der Waals surface area contributed by atoms with E-state index in [9.17, 15) is 14.0 Å². The van der Waals surface area contributed by atoms with E-state index in [1.165, 1.54) is 28.3 Å². The van der Waals surface area contributed by atoms with Gasteiger partial charge in [0.15, 0.2) is 0 Å². The van der Waals surface area contributed by atoms with Crippen LogP contribution in [-0.2, 0) is 21.9 Å². The fourth-order valence-corrected chi connectivity index (χ4v) is 3.71. The summed E-state index contributed by atoms with van der Waals surface area (Å²) in [5.74, 6) is 0.133. The number of nitrogens with one attached hydrogen (secondary N) is 1. The van der Waals surface area contributed by atoms with Crippen molar-refractivity contribution in [2.24, 2.45) is 0 Å². The van der Waals surface area contributed by atoms with E-state index in [1.807, 2.05) is 32.0 Å². The second-order valence-corrected chi connectivity index (χ2v) is 7.65. The van der Waals surface area contributed by atoms with E-state index < -0.39 is 6.04 Å². The number of aryl methyl sites for hydroxylation is 1. The summed E-state index contributed by atoms with van der Waals surface area (Å²) >= 11 is 1.49. The number of amides is 2. The summed E-state index contributed by atoms with van der Waals surface area (Å²) in [7, 11) is 0. The average Bonchev–Trinajstić information content (AvgIpc) is 2.67. The first-order chi connectivity index (χ1) is 13.4. The highest BCUT2D eigenvalue weighted by atomic mass is 32.2. The van der Waals surface area contributed by atoms with Gasteiger partial charge >= 0.3 is 0 Å². The third-order valence-corrected chi connectivity index (χ3v) is 5.38. The van der Waals surface area contributed by atoms with Crippen molar-refractivity contribution < 1.29 is 14.0 Å². The molecule has 0 fully saturated rings. The number of hydrogen-bond acceptors (Lipinski definition) is 3.